The lowest BCUT2D eigenvalue weighted by Gasteiger charge is -2.19. The first-order chi connectivity index (χ1) is 9.50. The molecule has 22 heavy (non-hydrogen) atoms. The molecule has 0 spiro atoms. The number of amides is 1. The lowest BCUT2D eigenvalue weighted by Crippen LogP contribution is -2.24. The zero-order valence-electron chi connectivity index (χ0n) is 10.3. The lowest BCUT2D eigenvalue weighted by molar-refractivity contribution is -0.144. The summed E-state index contributed by atoms with van der Waals surface area (Å²) in [4.78, 5) is 10.8. The molecule has 1 amide bonds. The normalized spacial score (nSPS) is 18.5. The van der Waals surface area contributed by atoms with Gasteiger partial charge in [0.25, 0.3) is 0 Å². The predicted octanol–water partition coefficient (Wildman–Crippen LogP) is 4.07. The van der Waals surface area contributed by atoms with Gasteiger partial charge in [0.15, 0.2) is 0 Å². The van der Waals surface area contributed by atoms with Crippen molar-refractivity contribution in [1.82, 2.24) is 5.32 Å². The number of nitrogens with one attached hydrogen (secondary N) is 1. The second-order valence-corrected chi connectivity index (χ2v) is 4.21. The molecular formula is C11H7ClF7NO2. The summed E-state index contributed by atoms with van der Waals surface area (Å²) in [6.07, 6.45) is -11.4. The van der Waals surface area contributed by atoms with E-state index < -0.39 is 53.6 Å². The van der Waals surface area contributed by atoms with E-state index in [0.29, 0.717) is 0 Å². The SMILES string of the molecule is Cl.O=C1N[C@H](c2c(F)cc(C(F)(F)F)cc2C(F)(F)F)CO1. The van der Waals surface area contributed by atoms with Crippen molar-refractivity contribution in [2.24, 2.45) is 0 Å². The molecule has 1 heterocycles. The molecule has 0 aromatic heterocycles. The number of halogens is 8. The number of ether oxygens (including phenoxy) is 1. The van der Waals surface area contributed by atoms with Crippen LogP contribution in [0.4, 0.5) is 35.5 Å². The van der Waals surface area contributed by atoms with Crippen molar-refractivity contribution < 1.29 is 40.3 Å². The van der Waals surface area contributed by atoms with E-state index in [2.05, 4.69) is 4.74 Å². The Hall–Kier alpha value is -1.71. The largest absolute Gasteiger partial charge is 0.447 e. The second kappa shape index (κ2) is 5.82. The van der Waals surface area contributed by atoms with Crippen molar-refractivity contribution in [3.63, 3.8) is 0 Å². The Morgan fingerprint density at radius 1 is 1.09 bits per heavy atom. The highest BCUT2D eigenvalue weighted by atomic mass is 35.5. The number of benzene rings is 1. The van der Waals surface area contributed by atoms with Crippen LogP contribution in [0, 0.1) is 5.82 Å². The summed E-state index contributed by atoms with van der Waals surface area (Å²) in [5.74, 6) is -1.71. The van der Waals surface area contributed by atoms with Gasteiger partial charge >= 0.3 is 18.4 Å². The zero-order valence-corrected chi connectivity index (χ0v) is 11.1. The molecule has 1 aromatic carbocycles. The van der Waals surface area contributed by atoms with Crippen LogP contribution in [0.2, 0.25) is 0 Å². The summed E-state index contributed by atoms with van der Waals surface area (Å²) >= 11 is 0. The minimum absolute atomic E-state index is 0. The van der Waals surface area contributed by atoms with Gasteiger partial charge in [-0.1, -0.05) is 0 Å². The molecule has 0 bridgehead atoms. The van der Waals surface area contributed by atoms with Gasteiger partial charge < -0.3 is 10.1 Å². The van der Waals surface area contributed by atoms with E-state index in [1.807, 2.05) is 5.32 Å². The summed E-state index contributed by atoms with van der Waals surface area (Å²) in [5.41, 5.74) is -4.65. The molecule has 3 nitrogen and oxygen atoms in total. The quantitative estimate of drug-likeness (QED) is 0.773. The number of carbonyl (C=O) groups is 1. The first-order valence-electron chi connectivity index (χ1n) is 5.41. The van der Waals surface area contributed by atoms with Crippen LogP contribution in [0.5, 0.6) is 0 Å². The average molecular weight is 354 g/mol. The van der Waals surface area contributed by atoms with Crippen LogP contribution in [0.25, 0.3) is 0 Å². The molecule has 1 aromatic rings. The van der Waals surface area contributed by atoms with E-state index in [-0.39, 0.29) is 24.5 Å². The Labute approximate surface area is 124 Å². The topological polar surface area (TPSA) is 38.3 Å². The van der Waals surface area contributed by atoms with Gasteiger partial charge in [0, 0.05) is 5.56 Å². The zero-order chi connectivity index (χ0) is 16.0. The maximum atomic E-state index is 13.7. The van der Waals surface area contributed by atoms with Crippen LogP contribution in [0.3, 0.4) is 0 Å². The number of alkyl carbamates (subject to hydrolysis) is 1. The molecule has 124 valence electrons. The van der Waals surface area contributed by atoms with E-state index in [1.54, 1.807) is 0 Å². The summed E-state index contributed by atoms with van der Waals surface area (Å²) < 4.78 is 94.1. The summed E-state index contributed by atoms with van der Waals surface area (Å²) in [6, 6.07) is -1.74. The highest BCUT2D eigenvalue weighted by molar-refractivity contribution is 5.85. The van der Waals surface area contributed by atoms with E-state index in [1.165, 1.54) is 0 Å². The number of carbonyl (C=O) groups excluding carboxylic acids is 1. The summed E-state index contributed by atoms with van der Waals surface area (Å²) in [5, 5.41) is 1.90. The van der Waals surface area contributed by atoms with Gasteiger partial charge in [-0.05, 0) is 12.1 Å². The molecule has 0 aliphatic carbocycles. The molecule has 2 rings (SSSR count). The molecule has 1 aliphatic heterocycles. The Bertz CT molecular complexity index is 585. The molecule has 0 saturated carbocycles. The van der Waals surface area contributed by atoms with Crippen molar-refractivity contribution >= 4 is 18.5 Å². The molecule has 0 unspecified atom stereocenters. The first kappa shape index (κ1) is 18.3. The molecule has 0 radical (unpaired) electrons. The van der Waals surface area contributed by atoms with Crippen molar-refractivity contribution in [2.75, 3.05) is 6.61 Å². The average Bonchev–Trinajstić information content (AvgIpc) is 2.72. The summed E-state index contributed by atoms with van der Waals surface area (Å²) in [6.45, 7) is -0.607. The van der Waals surface area contributed by atoms with Gasteiger partial charge in [-0.25, -0.2) is 9.18 Å². The number of rotatable bonds is 1. The van der Waals surface area contributed by atoms with Crippen LogP contribution in [0.15, 0.2) is 12.1 Å². The van der Waals surface area contributed by atoms with Crippen LogP contribution in [-0.2, 0) is 17.1 Å². The van der Waals surface area contributed by atoms with E-state index in [0.717, 1.165) is 0 Å². The number of hydrogen-bond acceptors (Lipinski definition) is 2. The monoisotopic (exact) mass is 353 g/mol. The third-order valence-electron chi connectivity index (χ3n) is 2.78. The third-order valence-corrected chi connectivity index (χ3v) is 2.78. The fraction of sp³-hybridized carbons (Fsp3) is 0.364. The molecule has 1 N–H and O–H groups in total. The molecule has 11 heteroatoms. The number of hydrogen-bond donors (Lipinski definition) is 1. The Kier molecular flexibility index (Phi) is 4.85. The van der Waals surface area contributed by atoms with Crippen molar-refractivity contribution in [3.05, 3.63) is 34.6 Å². The van der Waals surface area contributed by atoms with Crippen LogP contribution in [-0.4, -0.2) is 12.7 Å². The van der Waals surface area contributed by atoms with Crippen molar-refractivity contribution in [1.29, 1.82) is 0 Å². The van der Waals surface area contributed by atoms with Gasteiger partial charge in [-0.3, -0.25) is 0 Å². The van der Waals surface area contributed by atoms with Gasteiger partial charge in [0.1, 0.15) is 12.4 Å². The van der Waals surface area contributed by atoms with E-state index in [9.17, 15) is 35.5 Å². The maximum Gasteiger partial charge on any atom is 0.416 e. The molecule has 1 atom stereocenters. The predicted molar refractivity (Wildman–Crippen MR) is 60.9 cm³/mol. The second-order valence-electron chi connectivity index (χ2n) is 4.21. The van der Waals surface area contributed by atoms with Gasteiger partial charge in [-0.2, -0.15) is 26.3 Å². The number of cyclic esters (lactones) is 1. The summed E-state index contributed by atoms with van der Waals surface area (Å²) in [7, 11) is 0. The highest BCUT2D eigenvalue weighted by Gasteiger charge is 2.42. The minimum Gasteiger partial charge on any atom is -0.447 e. The first-order valence-corrected chi connectivity index (χ1v) is 5.41. The van der Waals surface area contributed by atoms with E-state index >= 15 is 0 Å². The standard InChI is InChI=1S/C11H6F7NO2.ClH/c12-6-2-4(10(13,14)15)1-5(11(16,17)18)8(6)7-3-21-9(20)19-7;/h1-2,7H,3H2,(H,19,20);1H/t7-;/m0./s1. The Morgan fingerprint density at radius 2 is 1.68 bits per heavy atom. The molecular weight excluding hydrogens is 347 g/mol. The molecule has 1 saturated heterocycles. The molecule has 1 aliphatic rings. The Morgan fingerprint density at radius 3 is 2.09 bits per heavy atom. The van der Waals surface area contributed by atoms with Crippen LogP contribution >= 0.6 is 12.4 Å². The maximum absolute atomic E-state index is 13.7. The third kappa shape index (κ3) is 3.54. The lowest BCUT2D eigenvalue weighted by atomic mass is 9.97. The van der Waals surface area contributed by atoms with E-state index in [4.69, 9.17) is 0 Å². The van der Waals surface area contributed by atoms with Crippen molar-refractivity contribution in [3.8, 4) is 0 Å². The van der Waals surface area contributed by atoms with Gasteiger partial charge in [-0.15, -0.1) is 12.4 Å². The van der Waals surface area contributed by atoms with Crippen LogP contribution in [0.1, 0.15) is 22.7 Å². The fourth-order valence-electron chi connectivity index (χ4n) is 1.91. The number of alkyl halides is 6. The Balaban J connectivity index is 0.00000242. The highest BCUT2D eigenvalue weighted by Crippen LogP contribution is 2.41. The minimum atomic E-state index is -5.22. The van der Waals surface area contributed by atoms with Crippen LogP contribution < -0.4 is 5.32 Å². The van der Waals surface area contributed by atoms with Gasteiger partial charge in [0.05, 0.1) is 17.2 Å². The van der Waals surface area contributed by atoms with Crippen molar-refractivity contribution in [2.45, 2.75) is 18.4 Å². The van der Waals surface area contributed by atoms with Gasteiger partial charge in [0.2, 0.25) is 0 Å². The fourth-order valence-corrected chi connectivity index (χ4v) is 1.91. The molecule has 1 fully saturated rings. The smallest absolute Gasteiger partial charge is 0.416 e.